The van der Waals surface area contributed by atoms with E-state index in [9.17, 15) is 0 Å². The molecule has 0 bridgehead atoms. The van der Waals surface area contributed by atoms with Crippen LogP contribution in [0.2, 0.25) is 0 Å². The summed E-state index contributed by atoms with van der Waals surface area (Å²) >= 11 is 0. The zero-order valence-electron chi connectivity index (χ0n) is 10.9. The Kier molecular flexibility index (Phi) is 4.37. The number of rotatable bonds is 4. The summed E-state index contributed by atoms with van der Waals surface area (Å²) in [6.45, 7) is 1.15. The van der Waals surface area contributed by atoms with Crippen LogP contribution in [-0.2, 0) is 0 Å². The normalized spacial score (nSPS) is 24.6. The molecule has 1 heterocycles. The smallest absolute Gasteiger partial charge is 0.0550 e. The molecule has 0 aliphatic heterocycles. The predicted molar refractivity (Wildman–Crippen MR) is 72.3 cm³/mol. The molecule has 1 aliphatic rings. The molecule has 0 atom stereocenters. The molecule has 17 heavy (non-hydrogen) atoms. The molecule has 1 aromatic rings. The van der Waals surface area contributed by atoms with Crippen LogP contribution in [0.25, 0.3) is 0 Å². The molecule has 0 amide bonds. The van der Waals surface area contributed by atoms with Crippen LogP contribution in [0.3, 0.4) is 0 Å². The quantitative estimate of drug-likeness (QED) is 0.865. The Morgan fingerprint density at radius 2 is 2.12 bits per heavy atom. The van der Waals surface area contributed by atoms with Gasteiger partial charge in [-0.25, -0.2) is 0 Å². The molecule has 1 aromatic heterocycles. The molecule has 0 radical (unpaired) electrons. The number of hydrogen-bond donors (Lipinski definition) is 1. The van der Waals surface area contributed by atoms with Crippen molar-refractivity contribution in [2.75, 3.05) is 25.5 Å². The molecule has 0 unspecified atom stereocenters. The van der Waals surface area contributed by atoms with Crippen LogP contribution in [0, 0.1) is 5.92 Å². The van der Waals surface area contributed by atoms with E-state index in [0.717, 1.165) is 18.5 Å². The van der Waals surface area contributed by atoms with Crippen LogP contribution in [0.5, 0.6) is 0 Å². The van der Waals surface area contributed by atoms with Gasteiger partial charge in [-0.1, -0.05) is 0 Å². The Morgan fingerprint density at radius 3 is 2.71 bits per heavy atom. The van der Waals surface area contributed by atoms with Crippen LogP contribution in [-0.4, -0.2) is 31.7 Å². The van der Waals surface area contributed by atoms with Gasteiger partial charge in [0.1, 0.15) is 0 Å². The van der Waals surface area contributed by atoms with E-state index < -0.39 is 0 Å². The third-order valence-corrected chi connectivity index (χ3v) is 3.87. The summed E-state index contributed by atoms with van der Waals surface area (Å²) < 4.78 is 0. The number of aromatic nitrogens is 1. The minimum atomic E-state index is 0.745. The van der Waals surface area contributed by atoms with Crippen molar-refractivity contribution >= 4 is 5.69 Å². The molecule has 3 heteroatoms. The fraction of sp³-hybridized carbons (Fsp3) is 0.643. The van der Waals surface area contributed by atoms with Gasteiger partial charge in [0.2, 0.25) is 0 Å². The predicted octanol–water partition coefficient (Wildman–Crippen LogP) is 2.30. The van der Waals surface area contributed by atoms with Gasteiger partial charge in [0, 0.05) is 25.8 Å². The van der Waals surface area contributed by atoms with Gasteiger partial charge in [-0.05, 0) is 50.8 Å². The second-order valence-electron chi connectivity index (χ2n) is 5.10. The first kappa shape index (κ1) is 12.4. The number of pyridine rings is 1. The lowest BCUT2D eigenvalue weighted by atomic mass is 9.86. The van der Waals surface area contributed by atoms with Crippen molar-refractivity contribution in [3.8, 4) is 0 Å². The molecule has 0 spiro atoms. The van der Waals surface area contributed by atoms with E-state index in [2.05, 4.69) is 35.4 Å². The number of anilines is 1. The SMILES string of the molecule is CNC1CCC(CN(C)c2cccnc2)CC1. The molecule has 0 saturated heterocycles. The molecular weight excluding hydrogens is 210 g/mol. The molecule has 2 rings (SSSR count). The van der Waals surface area contributed by atoms with E-state index in [4.69, 9.17) is 0 Å². The first-order valence-electron chi connectivity index (χ1n) is 6.58. The number of nitrogens with one attached hydrogen (secondary N) is 1. The summed E-state index contributed by atoms with van der Waals surface area (Å²) in [5, 5.41) is 3.39. The van der Waals surface area contributed by atoms with Crippen molar-refractivity contribution in [1.29, 1.82) is 0 Å². The van der Waals surface area contributed by atoms with Crippen LogP contribution < -0.4 is 10.2 Å². The monoisotopic (exact) mass is 233 g/mol. The maximum Gasteiger partial charge on any atom is 0.0550 e. The Hall–Kier alpha value is -1.09. The highest BCUT2D eigenvalue weighted by Gasteiger charge is 2.21. The van der Waals surface area contributed by atoms with Crippen molar-refractivity contribution in [3.05, 3.63) is 24.5 Å². The third-order valence-electron chi connectivity index (χ3n) is 3.87. The Balaban J connectivity index is 1.82. The molecule has 1 N–H and O–H groups in total. The molecule has 94 valence electrons. The fourth-order valence-electron chi connectivity index (χ4n) is 2.71. The van der Waals surface area contributed by atoms with E-state index in [1.54, 1.807) is 0 Å². The van der Waals surface area contributed by atoms with Crippen LogP contribution in [0.4, 0.5) is 5.69 Å². The standard InChI is InChI=1S/C14H23N3/c1-15-13-7-5-12(6-8-13)11-17(2)14-4-3-9-16-10-14/h3-4,9-10,12-13,15H,5-8,11H2,1-2H3. The largest absolute Gasteiger partial charge is 0.373 e. The van der Waals surface area contributed by atoms with Gasteiger partial charge in [-0.15, -0.1) is 0 Å². The first-order valence-corrected chi connectivity index (χ1v) is 6.58. The maximum atomic E-state index is 4.17. The van der Waals surface area contributed by atoms with Crippen molar-refractivity contribution in [1.82, 2.24) is 10.3 Å². The van der Waals surface area contributed by atoms with Crippen molar-refractivity contribution < 1.29 is 0 Å². The highest BCUT2D eigenvalue weighted by Crippen LogP contribution is 2.25. The van der Waals surface area contributed by atoms with Crippen LogP contribution in [0.15, 0.2) is 24.5 Å². The lowest BCUT2D eigenvalue weighted by molar-refractivity contribution is 0.305. The van der Waals surface area contributed by atoms with Crippen molar-refractivity contribution in [3.63, 3.8) is 0 Å². The Morgan fingerprint density at radius 1 is 1.35 bits per heavy atom. The minimum Gasteiger partial charge on any atom is -0.373 e. The van der Waals surface area contributed by atoms with E-state index in [0.29, 0.717) is 0 Å². The van der Waals surface area contributed by atoms with Crippen molar-refractivity contribution in [2.45, 2.75) is 31.7 Å². The van der Waals surface area contributed by atoms with Gasteiger partial charge in [-0.3, -0.25) is 4.98 Å². The van der Waals surface area contributed by atoms with Gasteiger partial charge < -0.3 is 10.2 Å². The first-order chi connectivity index (χ1) is 8.29. The highest BCUT2D eigenvalue weighted by atomic mass is 15.1. The summed E-state index contributed by atoms with van der Waals surface area (Å²) in [6.07, 6.45) is 9.10. The zero-order chi connectivity index (χ0) is 12.1. The molecule has 1 fully saturated rings. The lowest BCUT2D eigenvalue weighted by Gasteiger charge is -2.31. The van der Waals surface area contributed by atoms with Gasteiger partial charge >= 0.3 is 0 Å². The Bertz CT molecular complexity index is 317. The summed E-state index contributed by atoms with van der Waals surface area (Å²) in [4.78, 5) is 6.50. The van der Waals surface area contributed by atoms with Gasteiger partial charge in [0.25, 0.3) is 0 Å². The highest BCUT2D eigenvalue weighted by molar-refractivity contribution is 5.42. The van der Waals surface area contributed by atoms with Crippen LogP contribution in [0.1, 0.15) is 25.7 Å². The summed E-state index contributed by atoms with van der Waals surface area (Å²) in [5.41, 5.74) is 1.23. The Labute approximate surface area is 104 Å². The summed E-state index contributed by atoms with van der Waals surface area (Å²) in [7, 11) is 4.24. The summed E-state index contributed by atoms with van der Waals surface area (Å²) in [6, 6.07) is 4.88. The van der Waals surface area contributed by atoms with Crippen LogP contribution >= 0.6 is 0 Å². The van der Waals surface area contributed by atoms with E-state index in [1.807, 2.05) is 18.5 Å². The minimum absolute atomic E-state index is 0.745. The van der Waals surface area contributed by atoms with Crippen molar-refractivity contribution in [2.24, 2.45) is 5.92 Å². The molecule has 3 nitrogen and oxygen atoms in total. The van der Waals surface area contributed by atoms with Gasteiger partial charge in [0.05, 0.1) is 11.9 Å². The molecular formula is C14H23N3. The number of hydrogen-bond acceptors (Lipinski definition) is 3. The second kappa shape index (κ2) is 6.01. The maximum absolute atomic E-state index is 4.17. The van der Waals surface area contributed by atoms with E-state index >= 15 is 0 Å². The topological polar surface area (TPSA) is 28.2 Å². The zero-order valence-corrected chi connectivity index (χ0v) is 10.9. The van der Waals surface area contributed by atoms with E-state index in [1.165, 1.54) is 31.4 Å². The van der Waals surface area contributed by atoms with Gasteiger partial charge in [0.15, 0.2) is 0 Å². The molecule has 0 aromatic carbocycles. The van der Waals surface area contributed by atoms with Gasteiger partial charge in [-0.2, -0.15) is 0 Å². The average Bonchev–Trinajstić information content (AvgIpc) is 2.40. The summed E-state index contributed by atoms with van der Waals surface area (Å²) in [5.74, 6) is 0.838. The number of nitrogens with zero attached hydrogens (tertiary/aromatic N) is 2. The fourth-order valence-corrected chi connectivity index (χ4v) is 2.71. The second-order valence-corrected chi connectivity index (χ2v) is 5.10. The molecule has 1 aliphatic carbocycles. The lowest BCUT2D eigenvalue weighted by Crippen LogP contribution is -2.34. The average molecular weight is 233 g/mol. The third kappa shape index (κ3) is 3.43. The molecule has 1 saturated carbocycles. The van der Waals surface area contributed by atoms with E-state index in [-0.39, 0.29) is 0 Å².